The van der Waals surface area contributed by atoms with E-state index in [9.17, 15) is 0 Å². The van der Waals surface area contributed by atoms with Gasteiger partial charge in [0.1, 0.15) is 6.10 Å². The van der Waals surface area contributed by atoms with Gasteiger partial charge >= 0.3 is 0 Å². The second-order valence-corrected chi connectivity index (χ2v) is 5.41. The molecule has 1 aromatic heterocycles. The van der Waals surface area contributed by atoms with Crippen LogP contribution in [0.3, 0.4) is 0 Å². The largest absolute Gasteiger partial charge is 0.373 e. The third-order valence-corrected chi connectivity index (χ3v) is 3.96. The van der Waals surface area contributed by atoms with Gasteiger partial charge in [0.2, 0.25) is 11.7 Å². The molecule has 1 aliphatic heterocycles. The van der Waals surface area contributed by atoms with Gasteiger partial charge < -0.3 is 14.6 Å². The van der Waals surface area contributed by atoms with Crippen LogP contribution < -0.4 is 5.32 Å². The number of hydrogen-bond donors (Lipinski definition) is 1. The molecule has 0 radical (unpaired) electrons. The topological polar surface area (TPSA) is 60.2 Å². The number of nitrogens with one attached hydrogen (secondary N) is 1. The van der Waals surface area contributed by atoms with Gasteiger partial charge in [0.05, 0.1) is 6.04 Å². The molecule has 2 heterocycles. The van der Waals surface area contributed by atoms with Crippen LogP contribution in [0, 0.1) is 0 Å². The van der Waals surface area contributed by atoms with Crippen molar-refractivity contribution in [1.29, 1.82) is 0 Å². The fourth-order valence-electron chi connectivity index (χ4n) is 2.76. The highest BCUT2D eigenvalue weighted by Crippen LogP contribution is 2.26. The van der Waals surface area contributed by atoms with Crippen LogP contribution in [0.4, 0.5) is 0 Å². The van der Waals surface area contributed by atoms with Crippen LogP contribution in [0.1, 0.15) is 54.8 Å². The van der Waals surface area contributed by atoms with E-state index in [2.05, 4.69) is 46.6 Å². The molecular formula is C16H21N3O2. The molecule has 1 N–H and O–H groups in total. The molecule has 1 aromatic carbocycles. The van der Waals surface area contributed by atoms with Crippen LogP contribution >= 0.6 is 0 Å². The summed E-state index contributed by atoms with van der Waals surface area (Å²) in [6, 6.07) is 8.54. The van der Waals surface area contributed by atoms with E-state index in [1.54, 1.807) is 7.11 Å². The summed E-state index contributed by atoms with van der Waals surface area (Å²) < 4.78 is 10.9. The predicted octanol–water partition coefficient (Wildman–Crippen LogP) is 2.94. The van der Waals surface area contributed by atoms with Crippen molar-refractivity contribution in [2.75, 3.05) is 7.11 Å². The molecule has 21 heavy (non-hydrogen) atoms. The van der Waals surface area contributed by atoms with Crippen LogP contribution in [-0.4, -0.2) is 17.3 Å². The van der Waals surface area contributed by atoms with Crippen LogP contribution in [0.15, 0.2) is 28.8 Å². The number of nitrogens with zero attached hydrogens (tertiary/aromatic N) is 2. The van der Waals surface area contributed by atoms with Gasteiger partial charge in [0.25, 0.3) is 0 Å². The van der Waals surface area contributed by atoms with Crippen molar-refractivity contribution in [3.05, 3.63) is 47.1 Å². The van der Waals surface area contributed by atoms with Crippen molar-refractivity contribution < 1.29 is 9.26 Å². The molecule has 0 fully saturated rings. The van der Waals surface area contributed by atoms with E-state index in [4.69, 9.17) is 9.26 Å². The Labute approximate surface area is 124 Å². The number of ether oxygens (including phenoxy) is 1. The maximum absolute atomic E-state index is 5.44. The van der Waals surface area contributed by atoms with Gasteiger partial charge in [-0.2, -0.15) is 4.98 Å². The summed E-state index contributed by atoms with van der Waals surface area (Å²) in [5, 5.41) is 7.54. The fraction of sp³-hybridized carbons (Fsp3) is 0.500. The van der Waals surface area contributed by atoms with E-state index in [1.807, 2.05) is 0 Å². The Morgan fingerprint density at radius 1 is 1.38 bits per heavy atom. The van der Waals surface area contributed by atoms with Crippen LogP contribution in [0.25, 0.3) is 0 Å². The molecule has 1 unspecified atom stereocenters. The molecule has 0 saturated carbocycles. The lowest BCUT2D eigenvalue weighted by molar-refractivity contribution is 0.0854. The molecule has 5 heteroatoms. The lowest BCUT2D eigenvalue weighted by atomic mass is 9.96. The minimum atomic E-state index is -0.0802. The molecule has 0 spiro atoms. The van der Waals surface area contributed by atoms with E-state index in [1.165, 1.54) is 11.1 Å². The van der Waals surface area contributed by atoms with Crippen LogP contribution in [-0.2, 0) is 17.7 Å². The molecule has 2 aromatic rings. The molecule has 0 aliphatic carbocycles. The molecular weight excluding hydrogens is 266 g/mol. The minimum absolute atomic E-state index is 0.0802. The summed E-state index contributed by atoms with van der Waals surface area (Å²) in [5.74, 6) is 1.30. The number of aromatic nitrogens is 2. The SMILES string of the molecule is CCCC(OC)c1noc([C@@H]2Cc3ccccc3CN2)n1. The Hall–Kier alpha value is -1.72. The highest BCUT2D eigenvalue weighted by Gasteiger charge is 2.26. The maximum Gasteiger partial charge on any atom is 0.244 e. The van der Waals surface area contributed by atoms with Gasteiger partial charge in [-0.05, 0) is 24.0 Å². The number of fused-ring (bicyclic) bond motifs is 1. The summed E-state index contributed by atoms with van der Waals surface area (Å²) in [6.45, 7) is 2.95. The van der Waals surface area contributed by atoms with Crippen LogP contribution in [0.2, 0.25) is 0 Å². The van der Waals surface area contributed by atoms with E-state index in [0.717, 1.165) is 25.8 Å². The summed E-state index contributed by atoms with van der Waals surface area (Å²) in [5.41, 5.74) is 2.69. The van der Waals surface area contributed by atoms with E-state index in [0.29, 0.717) is 11.7 Å². The summed E-state index contributed by atoms with van der Waals surface area (Å²) in [7, 11) is 1.69. The Morgan fingerprint density at radius 3 is 2.95 bits per heavy atom. The van der Waals surface area contributed by atoms with Crippen molar-refractivity contribution in [1.82, 2.24) is 15.5 Å². The number of methoxy groups -OCH3 is 1. The van der Waals surface area contributed by atoms with Gasteiger partial charge in [-0.25, -0.2) is 0 Å². The predicted molar refractivity (Wildman–Crippen MR) is 78.7 cm³/mol. The number of hydrogen-bond acceptors (Lipinski definition) is 5. The van der Waals surface area contributed by atoms with Gasteiger partial charge in [0.15, 0.2) is 0 Å². The number of benzene rings is 1. The van der Waals surface area contributed by atoms with Crippen molar-refractivity contribution >= 4 is 0 Å². The van der Waals surface area contributed by atoms with E-state index < -0.39 is 0 Å². The monoisotopic (exact) mass is 287 g/mol. The molecule has 112 valence electrons. The zero-order valence-corrected chi connectivity index (χ0v) is 12.5. The summed E-state index contributed by atoms with van der Waals surface area (Å²) >= 11 is 0. The average Bonchev–Trinajstić information content (AvgIpc) is 3.02. The first-order valence-electron chi connectivity index (χ1n) is 7.48. The van der Waals surface area contributed by atoms with Crippen molar-refractivity contribution in [2.45, 2.75) is 44.9 Å². The van der Waals surface area contributed by atoms with Crippen molar-refractivity contribution in [2.24, 2.45) is 0 Å². The Morgan fingerprint density at radius 2 is 2.19 bits per heavy atom. The third kappa shape index (κ3) is 2.99. The van der Waals surface area contributed by atoms with Gasteiger partial charge in [-0.1, -0.05) is 42.8 Å². The first kappa shape index (κ1) is 14.2. The van der Waals surface area contributed by atoms with E-state index in [-0.39, 0.29) is 12.1 Å². The molecule has 0 bridgehead atoms. The highest BCUT2D eigenvalue weighted by atomic mass is 16.5. The van der Waals surface area contributed by atoms with Gasteiger partial charge in [-0.15, -0.1) is 0 Å². The lowest BCUT2D eigenvalue weighted by Crippen LogP contribution is -2.28. The van der Waals surface area contributed by atoms with Gasteiger partial charge in [0, 0.05) is 13.7 Å². The van der Waals surface area contributed by atoms with Crippen molar-refractivity contribution in [3.8, 4) is 0 Å². The van der Waals surface area contributed by atoms with Crippen LogP contribution in [0.5, 0.6) is 0 Å². The average molecular weight is 287 g/mol. The second kappa shape index (κ2) is 6.37. The first-order chi connectivity index (χ1) is 10.3. The second-order valence-electron chi connectivity index (χ2n) is 5.41. The van der Waals surface area contributed by atoms with Crippen molar-refractivity contribution in [3.63, 3.8) is 0 Å². The molecule has 2 atom stereocenters. The highest BCUT2D eigenvalue weighted by molar-refractivity contribution is 5.30. The fourth-order valence-corrected chi connectivity index (χ4v) is 2.76. The minimum Gasteiger partial charge on any atom is -0.373 e. The standard InChI is InChI=1S/C16H21N3O2/c1-3-6-14(20-2)15-18-16(21-19-15)13-9-11-7-4-5-8-12(11)10-17-13/h4-5,7-8,13-14,17H,3,6,9-10H2,1-2H3/t13-,14?/m0/s1. The Bertz CT molecular complexity index is 597. The molecule has 0 saturated heterocycles. The molecule has 1 aliphatic rings. The maximum atomic E-state index is 5.44. The molecule has 3 rings (SSSR count). The zero-order chi connectivity index (χ0) is 14.7. The quantitative estimate of drug-likeness (QED) is 0.916. The molecule has 0 amide bonds. The summed E-state index contributed by atoms with van der Waals surface area (Å²) in [4.78, 5) is 4.53. The lowest BCUT2D eigenvalue weighted by Gasteiger charge is -2.23. The summed E-state index contributed by atoms with van der Waals surface area (Å²) in [6.07, 6.45) is 2.72. The normalized spacial score (nSPS) is 19.2. The zero-order valence-electron chi connectivity index (χ0n) is 12.5. The first-order valence-corrected chi connectivity index (χ1v) is 7.48. The molecule has 5 nitrogen and oxygen atoms in total. The Balaban J connectivity index is 1.75. The Kier molecular flexibility index (Phi) is 4.31. The third-order valence-electron chi connectivity index (χ3n) is 3.96. The number of rotatable bonds is 5. The van der Waals surface area contributed by atoms with Gasteiger partial charge in [-0.3, -0.25) is 0 Å². The smallest absolute Gasteiger partial charge is 0.244 e. The van der Waals surface area contributed by atoms with E-state index >= 15 is 0 Å².